The molecule has 1 atom stereocenters. The smallest absolute Gasteiger partial charge is 0.131 e. The van der Waals surface area contributed by atoms with Gasteiger partial charge in [0.2, 0.25) is 0 Å². The summed E-state index contributed by atoms with van der Waals surface area (Å²) in [7, 11) is 0. The fraction of sp³-hybridized carbons (Fsp3) is 0.125. The van der Waals surface area contributed by atoms with Crippen molar-refractivity contribution in [2.45, 2.75) is 12.6 Å². The summed E-state index contributed by atoms with van der Waals surface area (Å²) in [5.41, 5.74) is 2.38. The third-order valence-corrected chi connectivity index (χ3v) is 3.86. The lowest BCUT2D eigenvalue weighted by Crippen LogP contribution is -2.14. The molecule has 0 amide bonds. The Balaban J connectivity index is 1.68. The Kier molecular flexibility index (Phi) is 3.67. The summed E-state index contributed by atoms with van der Waals surface area (Å²) in [6.45, 7) is 0.737. The highest BCUT2D eigenvalue weighted by atomic mass is 79.9. The lowest BCUT2D eigenvalue weighted by Gasteiger charge is -2.19. The maximum Gasteiger partial charge on any atom is 0.131 e. The van der Waals surface area contributed by atoms with Crippen molar-refractivity contribution in [2.24, 2.45) is 0 Å². The second-order valence-corrected chi connectivity index (χ2v) is 5.30. The van der Waals surface area contributed by atoms with Crippen molar-refractivity contribution in [3.63, 3.8) is 0 Å². The van der Waals surface area contributed by atoms with E-state index in [0.717, 1.165) is 11.0 Å². The van der Waals surface area contributed by atoms with Gasteiger partial charge in [-0.3, -0.25) is 9.90 Å². The number of benzene rings is 2. The fourth-order valence-electron chi connectivity index (χ4n) is 2.09. The van der Waals surface area contributed by atoms with Crippen molar-refractivity contribution in [2.75, 3.05) is 0 Å². The summed E-state index contributed by atoms with van der Waals surface area (Å²) in [6, 6.07) is 18.4. The molecule has 1 heterocycles. The van der Waals surface area contributed by atoms with Gasteiger partial charge in [-0.2, -0.15) is 0 Å². The molecule has 1 aliphatic rings. The highest BCUT2D eigenvalue weighted by molar-refractivity contribution is 9.10. The van der Waals surface area contributed by atoms with Crippen molar-refractivity contribution >= 4 is 15.9 Å². The van der Waals surface area contributed by atoms with Crippen LogP contribution in [0.5, 0.6) is 0 Å². The quantitative estimate of drug-likeness (QED) is 0.829. The maximum absolute atomic E-state index is 5.91. The topological polar surface area (TPSA) is 12.5 Å². The van der Waals surface area contributed by atoms with Gasteiger partial charge < -0.3 is 0 Å². The molecule has 19 heavy (non-hydrogen) atoms. The molecule has 0 aromatic heterocycles. The first-order chi connectivity index (χ1) is 9.33. The SMILES string of the molecule is Brc1ccccc1CN1C=C[C@@H](c2ccccc2)O1. The minimum Gasteiger partial charge on any atom is -0.261 e. The van der Waals surface area contributed by atoms with E-state index in [1.54, 1.807) is 0 Å². The molecule has 0 spiro atoms. The van der Waals surface area contributed by atoms with Crippen LogP contribution in [0.25, 0.3) is 0 Å². The second-order valence-electron chi connectivity index (χ2n) is 4.44. The zero-order valence-electron chi connectivity index (χ0n) is 10.4. The monoisotopic (exact) mass is 315 g/mol. The van der Waals surface area contributed by atoms with Gasteiger partial charge in [-0.05, 0) is 23.3 Å². The third-order valence-electron chi connectivity index (χ3n) is 3.09. The van der Waals surface area contributed by atoms with Crippen molar-refractivity contribution < 1.29 is 4.84 Å². The highest BCUT2D eigenvalue weighted by Crippen LogP contribution is 2.28. The summed E-state index contributed by atoms with van der Waals surface area (Å²) in [5.74, 6) is 0. The molecule has 0 aliphatic carbocycles. The van der Waals surface area contributed by atoms with Crippen LogP contribution in [0.4, 0.5) is 0 Å². The minimum atomic E-state index is 0.0173. The normalized spacial score (nSPS) is 17.9. The largest absolute Gasteiger partial charge is 0.261 e. The number of hydrogen-bond acceptors (Lipinski definition) is 2. The summed E-state index contributed by atoms with van der Waals surface area (Å²) >= 11 is 3.56. The van der Waals surface area contributed by atoms with Gasteiger partial charge in [0.05, 0.1) is 6.54 Å². The van der Waals surface area contributed by atoms with Gasteiger partial charge >= 0.3 is 0 Å². The van der Waals surface area contributed by atoms with Crippen LogP contribution in [-0.4, -0.2) is 5.06 Å². The van der Waals surface area contributed by atoms with E-state index >= 15 is 0 Å². The summed E-state index contributed by atoms with van der Waals surface area (Å²) < 4.78 is 1.11. The Morgan fingerprint density at radius 1 is 1.00 bits per heavy atom. The molecule has 3 heteroatoms. The van der Waals surface area contributed by atoms with E-state index in [-0.39, 0.29) is 6.10 Å². The Bertz CT molecular complexity index is 582. The van der Waals surface area contributed by atoms with Crippen molar-refractivity contribution in [1.82, 2.24) is 5.06 Å². The molecule has 2 nitrogen and oxygen atoms in total. The molecule has 3 rings (SSSR count). The first-order valence-corrected chi connectivity index (χ1v) is 7.02. The van der Waals surface area contributed by atoms with Crippen LogP contribution in [0.2, 0.25) is 0 Å². The maximum atomic E-state index is 5.91. The van der Waals surface area contributed by atoms with Crippen molar-refractivity contribution in [3.8, 4) is 0 Å². The lowest BCUT2D eigenvalue weighted by molar-refractivity contribution is -0.138. The lowest BCUT2D eigenvalue weighted by atomic mass is 10.1. The Hall–Kier alpha value is -1.58. The summed E-state index contributed by atoms with van der Waals surface area (Å²) in [4.78, 5) is 5.91. The molecule has 0 saturated heterocycles. The molecule has 0 unspecified atom stereocenters. The van der Waals surface area contributed by atoms with Gasteiger partial charge in [0.25, 0.3) is 0 Å². The van der Waals surface area contributed by atoms with Crippen LogP contribution in [-0.2, 0) is 11.4 Å². The predicted molar refractivity (Wildman–Crippen MR) is 79.1 cm³/mol. The number of hydroxylamine groups is 2. The average molecular weight is 316 g/mol. The second kappa shape index (κ2) is 5.59. The fourth-order valence-corrected chi connectivity index (χ4v) is 2.50. The van der Waals surface area contributed by atoms with E-state index in [1.807, 2.05) is 47.7 Å². The standard InChI is InChI=1S/C16H14BrNO/c17-15-9-5-4-8-14(15)12-18-11-10-16(19-18)13-6-2-1-3-7-13/h1-11,16H,12H2/t16-/m0/s1. The van der Waals surface area contributed by atoms with Crippen molar-refractivity contribution in [1.29, 1.82) is 0 Å². The van der Waals surface area contributed by atoms with Crippen LogP contribution in [0, 0.1) is 0 Å². The zero-order valence-corrected chi connectivity index (χ0v) is 12.0. The van der Waals surface area contributed by atoms with Crippen LogP contribution in [0.3, 0.4) is 0 Å². The van der Waals surface area contributed by atoms with Gasteiger partial charge in [0, 0.05) is 10.7 Å². The van der Waals surface area contributed by atoms with E-state index in [9.17, 15) is 0 Å². The molecule has 2 aromatic rings. The van der Waals surface area contributed by atoms with E-state index in [1.165, 1.54) is 11.1 Å². The zero-order chi connectivity index (χ0) is 13.1. The van der Waals surface area contributed by atoms with E-state index < -0.39 is 0 Å². The van der Waals surface area contributed by atoms with E-state index in [4.69, 9.17) is 4.84 Å². The van der Waals surface area contributed by atoms with Crippen LogP contribution in [0.1, 0.15) is 17.2 Å². The van der Waals surface area contributed by atoms with Gasteiger partial charge in [-0.25, -0.2) is 0 Å². The molecular formula is C16H14BrNO. The van der Waals surface area contributed by atoms with E-state index in [2.05, 4.69) is 40.2 Å². The number of nitrogens with zero attached hydrogens (tertiary/aromatic N) is 1. The third kappa shape index (κ3) is 2.88. The van der Waals surface area contributed by atoms with Crippen LogP contribution in [0.15, 0.2) is 71.3 Å². The van der Waals surface area contributed by atoms with Gasteiger partial charge in [0.1, 0.15) is 6.10 Å². The highest BCUT2D eigenvalue weighted by Gasteiger charge is 2.18. The van der Waals surface area contributed by atoms with E-state index in [0.29, 0.717) is 0 Å². The summed E-state index contributed by atoms with van der Waals surface area (Å²) in [5, 5.41) is 1.87. The van der Waals surface area contributed by atoms with Gasteiger partial charge in [0.15, 0.2) is 0 Å². The van der Waals surface area contributed by atoms with Gasteiger partial charge in [-0.15, -0.1) is 0 Å². The number of rotatable bonds is 3. The van der Waals surface area contributed by atoms with Crippen LogP contribution < -0.4 is 0 Å². The summed E-state index contributed by atoms with van der Waals surface area (Å²) in [6.07, 6.45) is 4.09. The molecule has 0 saturated carbocycles. The molecule has 1 aliphatic heterocycles. The average Bonchev–Trinajstić information content (AvgIpc) is 2.91. The molecule has 0 bridgehead atoms. The Labute approximate surface area is 121 Å². The number of hydrogen-bond donors (Lipinski definition) is 0. The molecule has 0 N–H and O–H groups in total. The Morgan fingerprint density at radius 3 is 2.53 bits per heavy atom. The molecule has 0 radical (unpaired) electrons. The van der Waals surface area contributed by atoms with Gasteiger partial charge in [-0.1, -0.05) is 64.5 Å². The molecule has 2 aromatic carbocycles. The predicted octanol–water partition coefficient (Wildman–Crippen LogP) is 4.45. The van der Waals surface area contributed by atoms with Crippen molar-refractivity contribution in [3.05, 3.63) is 82.5 Å². The van der Waals surface area contributed by atoms with Crippen LogP contribution >= 0.6 is 15.9 Å². The molecular weight excluding hydrogens is 302 g/mol. The first kappa shape index (κ1) is 12.5. The molecule has 96 valence electrons. The Morgan fingerprint density at radius 2 is 1.74 bits per heavy atom. The minimum absolute atomic E-state index is 0.0173. The first-order valence-electron chi connectivity index (χ1n) is 6.23. The number of halogens is 1. The molecule has 0 fully saturated rings.